The first-order valence-corrected chi connectivity index (χ1v) is 9.02. The zero-order valence-corrected chi connectivity index (χ0v) is 15.3. The number of nitrogens with one attached hydrogen (secondary N) is 2. The molecule has 26 heavy (non-hydrogen) atoms. The van der Waals surface area contributed by atoms with Gasteiger partial charge >= 0.3 is 5.69 Å². The van der Waals surface area contributed by atoms with Crippen LogP contribution in [-0.2, 0) is 6.42 Å². The van der Waals surface area contributed by atoms with Crippen molar-refractivity contribution in [3.63, 3.8) is 0 Å². The van der Waals surface area contributed by atoms with Crippen molar-refractivity contribution in [1.82, 2.24) is 9.97 Å². The Bertz CT molecular complexity index is 912. The molecule has 2 N–H and O–H groups in total. The summed E-state index contributed by atoms with van der Waals surface area (Å²) in [6.07, 6.45) is 2.10. The molecule has 0 radical (unpaired) electrons. The number of rotatable bonds is 7. The summed E-state index contributed by atoms with van der Waals surface area (Å²) < 4.78 is 0. The molecule has 1 aromatic carbocycles. The molecule has 0 aliphatic carbocycles. The lowest BCUT2D eigenvalue weighted by atomic mass is 10.1. The molecule has 0 saturated carbocycles. The summed E-state index contributed by atoms with van der Waals surface area (Å²) >= 11 is 1.66. The molecule has 0 atom stereocenters. The van der Waals surface area contributed by atoms with Gasteiger partial charge in [-0.2, -0.15) is 0 Å². The average Bonchev–Trinajstić information content (AvgIpc) is 3.11. The van der Waals surface area contributed by atoms with Crippen LogP contribution in [-0.4, -0.2) is 21.4 Å². The Morgan fingerprint density at radius 2 is 2.00 bits per heavy atom. The summed E-state index contributed by atoms with van der Waals surface area (Å²) in [5, 5.41) is 19.8. The fourth-order valence-corrected chi connectivity index (χ4v) is 3.24. The topological polar surface area (TPSA) is 93.0 Å². The average molecular weight is 369 g/mol. The lowest BCUT2D eigenvalue weighted by Gasteiger charge is -2.12. The maximum Gasteiger partial charge on any atom is 0.353 e. The van der Waals surface area contributed by atoms with Gasteiger partial charge in [-0.1, -0.05) is 18.2 Å². The summed E-state index contributed by atoms with van der Waals surface area (Å²) in [5.74, 6) is 0.395. The SMILES string of the molecule is Cc1ccc(C)c(Nc2ncnc(NCCc3cccs3)c2[N+](=O)[O-])c1. The Balaban J connectivity index is 1.83. The number of thiophene rings is 1. The fourth-order valence-electron chi connectivity index (χ4n) is 2.53. The van der Waals surface area contributed by atoms with Gasteiger partial charge in [-0.05, 0) is 48.9 Å². The predicted octanol–water partition coefficient (Wildman–Crippen LogP) is 4.46. The highest BCUT2D eigenvalue weighted by molar-refractivity contribution is 7.09. The molecule has 3 aromatic rings. The second-order valence-corrected chi connectivity index (χ2v) is 6.91. The zero-order valence-electron chi connectivity index (χ0n) is 14.5. The van der Waals surface area contributed by atoms with Crippen molar-refractivity contribution in [2.75, 3.05) is 17.2 Å². The highest BCUT2D eigenvalue weighted by Gasteiger charge is 2.23. The van der Waals surface area contributed by atoms with Crippen LogP contribution in [0.15, 0.2) is 42.0 Å². The fraction of sp³-hybridized carbons (Fsp3) is 0.222. The van der Waals surface area contributed by atoms with Crippen LogP contribution < -0.4 is 10.6 Å². The van der Waals surface area contributed by atoms with Gasteiger partial charge in [0, 0.05) is 17.1 Å². The lowest BCUT2D eigenvalue weighted by molar-refractivity contribution is -0.383. The lowest BCUT2D eigenvalue weighted by Crippen LogP contribution is -2.10. The third kappa shape index (κ3) is 4.15. The molecule has 0 bridgehead atoms. The molecule has 2 heterocycles. The van der Waals surface area contributed by atoms with E-state index in [0.717, 1.165) is 23.2 Å². The van der Waals surface area contributed by atoms with Gasteiger partial charge in [-0.3, -0.25) is 10.1 Å². The molecule has 134 valence electrons. The van der Waals surface area contributed by atoms with Gasteiger partial charge in [-0.15, -0.1) is 11.3 Å². The van der Waals surface area contributed by atoms with E-state index in [2.05, 4.69) is 20.6 Å². The van der Waals surface area contributed by atoms with E-state index in [1.807, 2.05) is 49.6 Å². The molecular weight excluding hydrogens is 350 g/mol. The van der Waals surface area contributed by atoms with E-state index in [4.69, 9.17) is 0 Å². The summed E-state index contributed by atoms with van der Waals surface area (Å²) in [6, 6.07) is 9.91. The molecule has 0 fully saturated rings. The minimum absolute atomic E-state index is 0.153. The molecule has 0 amide bonds. The Morgan fingerprint density at radius 1 is 1.19 bits per heavy atom. The van der Waals surface area contributed by atoms with E-state index in [9.17, 15) is 10.1 Å². The Morgan fingerprint density at radius 3 is 2.73 bits per heavy atom. The van der Waals surface area contributed by atoms with Crippen molar-refractivity contribution in [2.24, 2.45) is 0 Å². The van der Waals surface area contributed by atoms with Gasteiger partial charge in [-0.25, -0.2) is 9.97 Å². The van der Waals surface area contributed by atoms with Gasteiger partial charge < -0.3 is 10.6 Å². The van der Waals surface area contributed by atoms with Crippen LogP contribution in [0.4, 0.5) is 23.0 Å². The standard InChI is InChI=1S/C18H19N5O2S/c1-12-5-6-13(2)15(10-12)22-18-16(23(24)25)17(20-11-21-18)19-8-7-14-4-3-9-26-14/h3-6,9-11H,7-8H2,1-2H3,(H2,19,20,21,22). The second-order valence-electron chi connectivity index (χ2n) is 5.88. The van der Waals surface area contributed by atoms with Gasteiger partial charge in [0.25, 0.3) is 0 Å². The highest BCUT2D eigenvalue weighted by atomic mass is 32.1. The van der Waals surface area contributed by atoms with Crippen LogP contribution >= 0.6 is 11.3 Å². The maximum absolute atomic E-state index is 11.6. The summed E-state index contributed by atoms with van der Waals surface area (Å²) in [5.41, 5.74) is 2.68. The maximum atomic E-state index is 11.6. The largest absolute Gasteiger partial charge is 0.364 e. The van der Waals surface area contributed by atoms with Crippen molar-refractivity contribution in [3.8, 4) is 0 Å². The summed E-state index contributed by atoms with van der Waals surface area (Å²) in [7, 11) is 0. The molecule has 8 heteroatoms. The van der Waals surface area contributed by atoms with E-state index in [-0.39, 0.29) is 17.3 Å². The number of aromatic nitrogens is 2. The molecule has 3 rings (SSSR count). The van der Waals surface area contributed by atoms with Crippen molar-refractivity contribution >= 4 is 34.3 Å². The summed E-state index contributed by atoms with van der Waals surface area (Å²) in [6.45, 7) is 4.47. The molecule has 0 unspecified atom stereocenters. The van der Waals surface area contributed by atoms with Crippen LogP contribution in [0.3, 0.4) is 0 Å². The normalized spacial score (nSPS) is 10.5. The van der Waals surface area contributed by atoms with E-state index >= 15 is 0 Å². The van der Waals surface area contributed by atoms with Crippen LogP contribution in [0.2, 0.25) is 0 Å². The third-order valence-electron chi connectivity index (χ3n) is 3.89. The van der Waals surface area contributed by atoms with Gasteiger partial charge in [0.05, 0.1) is 4.92 Å². The molecule has 2 aromatic heterocycles. The number of nitro groups is 1. The number of hydrogen-bond acceptors (Lipinski definition) is 7. The van der Waals surface area contributed by atoms with Gasteiger partial charge in [0.2, 0.25) is 11.6 Å². The Labute approximate surface area is 155 Å². The van der Waals surface area contributed by atoms with E-state index < -0.39 is 4.92 Å². The number of nitrogens with zero attached hydrogens (tertiary/aromatic N) is 3. The van der Waals surface area contributed by atoms with E-state index in [1.165, 1.54) is 11.2 Å². The molecule has 0 spiro atoms. The molecule has 0 aliphatic heterocycles. The van der Waals surface area contributed by atoms with Crippen molar-refractivity contribution in [2.45, 2.75) is 20.3 Å². The number of aryl methyl sites for hydroxylation is 2. The predicted molar refractivity (Wildman–Crippen MR) is 104 cm³/mol. The monoisotopic (exact) mass is 369 g/mol. The first kappa shape index (κ1) is 17.8. The van der Waals surface area contributed by atoms with Gasteiger partial charge in [0.15, 0.2) is 0 Å². The smallest absolute Gasteiger partial charge is 0.353 e. The Hall–Kier alpha value is -3.00. The van der Waals surface area contributed by atoms with Crippen LogP contribution in [0.25, 0.3) is 0 Å². The van der Waals surface area contributed by atoms with Crippen LogP contribution in [0.5, 0.6) is 0 Å². The molecule has 0 saturated heterocycles. The highest BCUT2D eigenvalue weighted by Crippen LogP contribution is 2.32. The number of benzene rings is 1. The molecule has 7 nitrogen and oxygen atoms in total. The first-order chi connectivity index (χ1) is 12.5. The van der Waals surface area contributed by atoms with Crippen LogP contribution in [0.1, 0.15) is 16.0 Å². The van der Waals surface area contributed by atoms with E-state index in [1.54, 1.807) is 11.3 Å². The minimum Gasteiger partial charge on any atom is -0.364 e. The molecule has 0 aliphatic rings. The Kier molecular flexibility index (Phi) is 5.43. The third-order valence-corrected chi connectivity index (χ3v) is 4.83. The van der Waals surface area contributed by atoms with Gasteiger partial charge in [0.1, 0.15) is 6.33 Å². The first-order valence-electron chi connectivity index (χ1n) is 8.14. The second kappa shape index (κ2) is 7.92. The molecular formula is C18H19N5O2S. The quantitative estimate of drug-likeness (QED) is 0.472. The summed E-state index contributed by atoms with van der Waals surface area (Å²) in [4.78, 5) is 20.5. The van der Waals surface area contributed by atoms with E-state index in [0.29, 0.717) is 6.54 Å². The minimum atomic E-state index is -0.457. The number of hydrogen-bond donors (Lipinski definition) is 2. The van der Waals surface area contributed by atoms with Crippen molar-refractivity contribution in [1.29, 1.82) is 0 Å². The van der Waals surface area contributed by atoms with Crippen LogP contribution in [0, 0.1) is 24.0 Å². The van der Waals surface area contributed by atoms with Crippen molar-refractivity contribution < 1.29 is 4.92 Å². The number of anilines is 3. The van der Waals surface area contributed by atoms with Crippen molar-refractivity contribution in [3.05, 3.63) is 68.2 Å². The zero-order chi connectivity index (χ0) is 18.5.